The van der Waals surface area contributed by atoms with E-state index in [9.17, 15) is 14.4 Å². The second-order valence-corrected chi connectivity index (χ2v) is 9.14. The van der Waals surface area contributed by atoms with Crippen LogP contribution < -0.4 is 5.43 Å². The molecule has 1 fully saturated rings. The summed E-state index contributed by atoms with van der Waals surface area (Å²) in [6.07, 6.45) is 0. The number of nitrogens with zero attached hydrogens (tertiary/aromatic N) is 1. The molecule has 6 heteroatoms. The van der Waals surface area contributed by atoms with Crippen LogP contribution in [0.4, 0.5) is 0 Å². The molecule has 3 aromatic rings. The van der Waals surface area contributed by atoms with Crippen molar-refractivity contribution in [3.05, 3.63) is 105 Å². The van der Waals surface area contributed by atoms with E-state index in [1.807, 2.05) is 30.3 Å². The van der Waals surface area contributed by atoms with Crippen molar-refractivity contribution < 1.29 is 14.4 Å². The van der Waals surface area contributed by atoms with Crippen LogP contribution in [0, 0.1) is 11.8 Å². The van der Waals surface area contributed by atoms with E-state index in [0.29, 0.717) is 5.56 Å². The highest BCUT2D eigenvalue weighted by Gasteiger charge is 2.62. The van der Waals surface area contributed by atoms with Gasteiger partial charge in [0, 0.05) is 21.9 Å². The lowest BCUT2D eigenvalue weighted by Gasteiger charge is -2.45. The molecule has 1 heterocycles. The lowest BCUT2D eigenvalue weighted by atomic mass is 9.55. The molecule has 4 aliphatic rings. The first-order valence-corrected chi connectivity index (χ1v) is 11.0. The number of hydrazine groups is 1. The zero-order valence-electron chi connectivity index (χ0n) is 16.3. The smallest absolute Gasteiger partial charge is 0.270 e. The Morgan fingerprint density at radius 3 is 1.68 bits per heavy atom. The van der Waals surface area contributed by atoms with Crippen LogP contribution in [0.2, 0.25) is 0 Å². The molecule has 3 aliphatic carbocycles. The van der Waals surface area contributed by atoms with Gasteiger partial charge in [0.1, 0.15) is 0 Å². The molecule has 5 nitrogen and oxygen atoms in total. The summed E-state index contributed by atoms with van der Waals surface area (Å²) in [5, 5.41) is 0.955. The third-order valence-electron chi connectivity index (χ3n) is 6.75. The van der Waals surface area contributed by atoms with Crippen molar-refractivity contribution >= 4 is 33.7 Å². The molecule has 0 spiro atoms. The van der Waals surface area contributed by atoms with Crippen molar-refractivity contribution in [1.82, 2.24) is 10.4 Å². The van der Waals surface area contributed by atoms with Crippen LogP contribution in [-0.2, 0) is 9.59 Å². The van der Waals surface area contributed by atoms with Crippen molar-refractivity contribution in [2.24, 2.45) is 11.8 Å². The van der Waals surface area contributed by atoms with Crippen LogP contribution in [0.1, 0.15) is 44.4 Å². The molecule has 3 amide bonds. The van der Waals surface area contributed by atoms with Gasteiger partial charge >= 0.3 is 0 Å². The van der Waals surface area contributed by atoms with Crippen LogP contribution in [-0.4, -0.2) is 22.7 Å². The molecule has 7 rings (SSSR count). The Hall–Kier alpha value is -3.25. The third-order valence-corrected chi connectivity index (χ3v) is 7.24. The average molecular weight is 473 g/mol. The van der Waals surface area contributed by atoms with Gasteiger partial charge in [-0.2, -0.15) is 5.01 Å². The van der Waals surface area contributed by atoms with Gasteiger partial charge in [0.25, 0.3) is 17.7 Å². The molecule has 2 bridgehead atoms. The summed E-state index contributed by atoms with van der Waals surface area (Å²) in [5.41, 5.74) is 7.37. The fourth-order valence-corrected chi connectivity index (χ4v) is 5.98. The molecule has 152 valence electrons. The fourth-order valence-electron chi connectivity index (χ4n) is 5.58. The minimum atomic E-state index is -0.509. The zero-order chi connectivity index (χ0) is 21.3. The van der Waals surface area contributed by atoms with Gasteiger partial charge in [0.2, 0.25) is 0 Å². The maximum Gasteiger partial charge on any atom is 0.270 e. The van der Waals surface area contributed by atoms with Crippen molar-refractivity contribution in [1.29, 1.82) is 0 Å². The molecule has 0 saturated carbocycles. The van der Waals surface area contributed by atoms with E-state index in [0.717, 1.165) is 31.7 Å². The highest BCUT2D eigenvalue weighted by Crippen LogP contribution is 2.60. The number of rotatable bonds is 2. The Morgan fingerprint density at radius 2 is 1.23 bits per heavy atom. The lowest BCUT2D eigenvalue weighted by molar-refractivity contribution is -0.142. The van der Waals surface area contributed by atoms with E-state index in [4.69, 9.17) is 0 Å². The second kappa shape index (κ2) is 6.62. The van der Waals surface area contributed by atoms with E-state index < -0.39 is 17.7 Å². The average Bonchev–Trinajstić information content (AvgIpc) is 3.04. The van der Waals surface area contributed by atoms with Gasteiger partial charge in [-0.15, -0.1) is 0 Å². The summed E-state index contributed by atoms with van der Waals surface area (Å²) >= 11 is 3.35. The lowest BCUT2D eigenvalue weighted by Crippen LogP contribution is -2.46. The number of halogens is 1. The minimum Gasteiger partial charge on any atom is -0.272 e. The second-order valence-electron chi connectivity index (χ2n) is 8.23. The number of imide groups is 1. The first kappa shape index (κ1) is 18.5. The summed E-state index contributed by atoms with van der Waals surface area (Å²) < 4.78 is 0.747. The molecular weight excluding hydrogens is 456 g/mol. The standard InChI is InChI=1S/C25H17BrN2O3/c26-14-7-5-6-13(12-14)23(29)27-28-24(30)21-19-15-8-1-2-9-16(15)20(22(21)25(28)31)18-11-4-3-10-17(18)19/h1-12,19-22H,(H,27,29)/t19?,20?,21-,22-/m1/s1. The maximum absolute atomic E-state index is 13.5. The highest BCUT2D eigenvalue weighted by molar-refractivity contribution is 9.10. The molecule has 3 aromatic carbocycles. The largest absolute Gasteiger partial charge is 0.272 e. The SMILES string of the molecule is O=C(NN1C(=O)[C@@H]2C3c4ccccc4C(c4ccccc43)[C@H]2C1=O)c1cccc(Br)c1. The van der Waals surface area contributed by atoms with E-state index in [1.54, 1.807) is 18.2 Å². The quantitative estimate of drug-likeness (QED) is 0.573. The minimum absolute atomic E-state index is 0.188. The molecule has 0 unspecified atom stereocenters. The fraction of sp³-hybridized carbons (Fsp3) is 0.160. The van der Waals surface area contributed by atoms with Crippen molar-refractivity contribution in [2.45, 2.75) is 11.8 Å². The maximum atomic E-state index is 13.5. The van der Waals surface area contributed by atoms with Crippen molar-refractivity contribution in [3.63, 3.8) is 0 Å². The molecular formula is C25H17BrN2O3. The van der Waals surface area contributed by atoms with E-state index in [2.05, 4.69) is 45.6 Å². The monoisotopic (exact) mass is 472 g/mol. The summed E-state index contributed by atoms with van der Waals surface area (Å²) in [6.45, 7) is 0. The number of amides is 3. The van der Waals surface area contributed by atoms with Gasteiger partial charge in [0.05, 0.1) is 11.8 Å². The van der Waals surface area contributed by atoms with Gasteiger partial charge in [-0.25, -0.2) is 0 Å². The van der Waals surface area contributed by atoms with Crippen LogP contribution in [0.5, 0.6) is 0 Å². The number of carbonyl (C=O) groups excluding carboxylic acids is 3. The van der Waals surface area contributed by atoms with Crippen LogP contribution in [0.25, 0.3) is 0 Å². The summed E-state index contributed by atoms with van der Waals surface area (Å²) in [5.74, 6) is -2.55. The number of carbonyl (C=O) groups is 3. The van der Waals surface area contributed by atoms with Crippen molar-refractivity contribution in [3.8, 4) is 0 Å². The summed E-state index contributed by atoms with van der Waals surface area (Å²) in [4.78, 5) is 39.7. The predicted octanol–water partition coefficient (Wildman–Crippen LogP) is 3.99. The molecule has 1 saturated heterocycles. The van der Waals surface area contributed by atoms with Gasteiger partial charge in [0.15, 0.2) is 0 Å². The molecule has 1 N–H and O–H groups in total. The van der Waals surface area contributed by atoms with Gasteiger partial charge in [-0.05, 0) is 40.5 Å². The highest BCUT2D eigenvalue weighted by atomic mass is 79.9. The predicted molar refractivity (Wildman–Crippen MR) is 117 cm³/mol. The van der Waals surface area contributed by atoms with Crippen LogP contribution >= 0.6 is 15.9 Å². The Labute approximate surface area is 187 Å². The molecule has 31 heavy (non-hydrogen) atoms. The van der Waals surface area contributed by atoms with E-state index in [-0.39, 0.29) is 23.7 Å². The molecule has 0 aromatic heterocycles. The van der Waals surface area contributed by atoms with E-state index in [1.165, 1.54) is 0 Å². The number of benzene rings is 3. The Balaban J connectivity index is 1.42. The number of hydrogen-bond donors (Lipinski definition) is 1. The number of hydrogen-bond acceptors (Lipinski definition) is 3. The summed E-state index contributed by atoms with van der Waals surface area (Å²) in [6, 6.07) is 23.0. The molecule has 1 aliphatic heterocycles. The zero-order valence-corrected chi connectivity index (χ0v) is 17.9. The third kappa shape index (κ3) is 2.51. The van der Waals surface area contributed by atoms with Crippen molar-refractivity contribution in [2.75, 3.05) is 0 Å². The first-order valence-electron chi connectivity index (χ1n) is 10.2. The van der Waals surface area contributed by atoms with Crippen LogP contribution in [0.3, 0.4) is 0 Å². The normalized spacial score (nSPS) is 25.1. The van der Waals surface area contributed by atoms with Gasteiger partial charge < -0.3 is 0 Å². The summed E-state index contributed by atoms with van der Waals surface area (Å²) in [7, 11) is 0. The first-order chi connectivity index (χ1) is 15.1. The number of nitrogens with one attached hydrogen (secondary N) is 1. The van der Waals surface area contributed by atoms with Gasteiger partial charge in [-0.3, -0.25) is 19.8 Å². The van der Waals surface area contributed by atoms with Crippen LogP contribution in [0.15, 0.2) is 77.3 Å². The Morgan fingerprint density at radius 1 is 0.742 bits per heavy atom. The Kier molecular flexibility index (Phi) is 3.96. The van der Waals surface area contributed by atoms with E-state index >= 15 is 0 Å². The molecule has 0 radical (unpaired) electrons. The Bertz CT molecular complexity index is 1170. The molecule has 2 atom stereocenters. The van der Waals surface area contributed by atoms with Gasteiger partial charge in [-0.1, -0.05) is 70.5 Å². The topological polar surface area (TPSA) is 66.5 Å².